The number of rotatable bonds is 6. The van der Waals surface area contributed by atoms with Gasteiger partial charge >= 0.3 is 7.82 Å². The zero-order valence-corrected chi connectivity index (χ0v) is 22.1. The number of nitriles is 1. The molecule has 1 aliphatic rings. The van der Waals surface area contributed by atoms with Crippen molar-refractivity contribution in [2.75, 3.05) is 32.7 Å². The van der Waals surface area contributed by atoms with Gasteiger partial charge in [-0.15, -0.1) is 0 Å². The fraction of sp³-hybridized carbons (Fsp3) is 0.292. The van der Waals surface area contributed by atoms with Crippen LogP contribution in [0.4, 0.5) is 13.2 Å². The number of amides is 1. The molecule has 216 valence electrons. The van der Waals surface area contributed by atoms with Gasteiger partial charge < -0.3 is 24.6 Å². The summed E-state index contributed by atoms with van der Waals surface area (Å²) in [4.78, 5) is 49.4. The molecule has 1 amide bonds. The predicted molar refractivity (Wildman–Crippen MR) is 137 cm³/mol. The maximum atomic E-state index is 14.1. The molecule has 1 fully saturated rings. The Balaban J connectivity index is 0.000000714. The highest BCUT2D eigenvalue weighted by Gasteiger charge is 2.28. The molecular formula is C24H24F3N8O5P. The quantitative estimate of drug-likeness (QED) is 0.191. The number of nitrogens with zero attached hydrogens (tertiary/aromatic N) is 7. The highest BCUT2D eigenvalue weighted by Crippen LogP contribution is 2.27. The van der Waals surface area contributed by atoms with E-state index >= 15 is 0 Å². The minimum absolute atomic E-state index is 0.226. The van der Waals surface area contributed by atoms with E-state index in [4.69, 9.17) is 19.2 Å². The second-order valence-corrected chi connectivity index (χ2v) is 10.0. The molecule has 4 heterocycles. The Morgan fingerprint density at radius 1 is 1.10 bits per heavy atom. The van der Waals surface area contributed by atoms with Gasteiger partial charge in [0.15, 0.2) is 17.5 Å². The monoisotopic (exact) mass is 592 g/mol. The van der Waals surface area contributed by atoms with Gasteiger partial charge in [0.2, 0.25) is 0 Å². The van der Waals surface area contributed by atoms with E-state index in [2.05, 4.69) is 31.0 Å². The second-order valence-electron chi connectivity index (χ2n) is 9.02. The molecule has 13 nitrogen and oxygen atoms in total. The van der Waals surface area contributed by atoms with Crippen LogP contribution in [0.1, 0.15) is 22.8 Å². The fourth-order valence-electron chi connectivity index (χ4n) is 4.40. The molecule has 4 N–H and O–H groups in total. The van der Waals surface area contributed by atoms with E-state index < -0.39 is 36.7 Å². The molecule has 3 aromatic heterocycles. The molecule has 0 aliphatic carbocycles. The average Bonchev–Trinajstić information content (AvgIpc) is 3.61. The first-order valence-electron chi connectivity index (χ1n) is 12.1. The lowest BCUT2D eigenvalue weighted by Gasteiger charge is -2.36. The highest BCUT2D eigenvalue weighted by atomic mass is 31.2. The molecule has 0 bridgehead atoms. The Kier molecular flexibility index (Phi) is 9.16. The van der Waals surface area contributed by atoms with Crippen LogP contribution < -0.4 is 0 Å². The number of phosphoric acid groups is 1. The number of fused-ring (bicyclic) bond motifs is 1. The third-order valence-corrected chi connectivity index (χ3v) is 6.32. The smallest absolute Gasteiger partial charge is 0.346 e. The van der Waals surface area contributed by atoms with Crippen molar-refractivity contribution >= 4 is 24.8 Å². The first-order valence-corrected chi connectivity index (χ1v) is 13.7. The van der Waals surface area contributed by atoms with Gasteiger partial charge in [-0.1, -0.05) is 0 Å². The molecule has 0 saturated carbocycles. The van der Waals surface area contributed by atoms with E-state index in [1.54, 1.807) is 17.1 Å². The maximum absolute atomic E-state index is 14.1. The summed E-state index contributed by atoms with van der Waals surface area (Å²) in [7, 11) is -4.64. The zero-order chi connectivity index (χ0) is 29.7. The predicted octanol–water partition coefficient (Wildman–Crippen LogP) is 2.22. The van der Waals surface area contributed by atoms with E-state index in [-0.39, 0.29) is 25.6 Å². The largest absolute Gasteiger partial charge is 0.466 e. The second kappa shape index (κ2) is 12.6. The van der Waals surface area contributed by atoms with Crippen LogP contribution in [-0.4, -0.2) is 87.8 Å². The zero-order valence-electron chi connectivity index (χ0n) is 21.2. The number of piperazine rings is 1. The Bertz CT molecular complexity index is 1620. The van der Waals surface area contributed by atoms with Gasteiger partial charge in [0, 0.05) is 56.1 Å². The van der Waals surface area contributed by atoms with Crippen LogP contribution in [0.3, 0.4) is 0 Å². The molecule has 5 rings (SSSR count). The Morgan fingerprint density at radius 2 is 1.80 bits per heavy atom. The Morgan fingerprint density at radius 3 is 2.49 bits per heavy atom. The summed E-state index contributed by atoms with van der Waals surface area (Å²) < 4.78 is 51.4. The summed E-state index contributed by atoms with van der Waals surface area (Å²) >= 11 is 0. The van der Waals surface area contributed by atoms with Crippen molar-refractivity contribution in [3.05, 3.63) is 66.1 Å². The van der Waals surface area contributed by atoms with Gasteiger partial charge in [-0.05, 0) is 18.2 Å². The lowest BCUT2D eigenvalue weighted by atomic mass is 10.1. The molecule has 1 unspecified atom stereocenters. The molecule has 1 aromatic carbocycles. The van der Waals surface area contributed by atoms with Gasteiger partial charge in [-0.25, -0.2) is 27.7 Å². The molecule has 1 saturated heterocycles. The van der Waals surface area contributed by atoms with Crippen LogP contribution in [-0.2, 0) is 4.57 Å². The van der Waals surface area contributed by atoms with E-state index in [0.717, 1.165) is 34.4 Å². The third-order valence-electron chi connectivity index (χ3n) is 6.32. The van der Waals surface area contributed by atoms with E-state index in [1.165, 1.54) is 11.2 Å². The van der Waals surface area contributed by atoms with Crippen LogP contribution >= 0.6 is 7.82 Å². The number of benzene rings is 1. The van der Waals surface area contributed by atoms with Gasteiger partial charge in [0.1, 0.15) is 12.0 Å². The van der Waals surface area contributed by atoms with Crippen molar-refractivity contribution < 1.29 is 37.2 Å². The number of aromatic amines is 1. The van der Waals surface area contributed by atoms with Gasteiger partial charge in [-0.2, -0.15) is 10.4 Å². The van der Waals surface area contributed by atoms with Crippen LogP contribution in [0.2, 0.25) is 0 Å². The third kappa shape index (κ3) is 7.34. The number of aromatic nitrogens is 5. The van der Waals surface area contributed by atoms with Crippen molar-refractivity contribution in [2.45, 2.75) is 12.5 Å². The first kappa shape index (κ1) is 29.8. The van der Waals surface area contributed by atoms with Crippen LogP contribution in [0.25, 0.3) is 22.3 Å². The van der Waals surface area contributed by atoms with Crippen molar-refractivity contribution in [3.63, 3.8) is 0 Å². The molecule has 17 heteroatoms. The molecule has 41 heavy (non-hydrogen) atoms. The lowest BCUT2D eigenvalue weighted by molar-refractivity contribution is 0.0611. The first-order chi connectivity index (χ1) is 19.5. The topological polar surface area (TPSA) is 184 Å². The van der Waals surface area contributed by atoms with Gasteiger partial charge in [-0.3, -0.25) is 14.4 Å². The molecule has 1 atom stereocenters. The van der Waals surface area contributed by atoms with Gasteiger partial charge in [0.05, 0.1) is 36.0 Å². The summed E-state index contributed by atoms with van der Waals surface area (Å²) in [5.41, 5.74) is 1.76. The highest BCUT2D eigenvalue weighted by molar-refractivity contribution is 7.45. The summed E-state index contributed by atoms with van der Waals surface area (Å²) in [6, 6.07) is 5.56. The standard InChI is InChI=1S/C24H21F3N8O.H3O4P/c25-19-2-1-17(20(26)21(19)27)24(36)34-9-7-33(8-10-34)13-16(3-5-28)35-12-15(11-32-35)22-18-4-6-29-23(18)31-14-30-22;1-5(2,3)4/h1-2,4,6,11-12,14,16H,3,7-10,13H2,(H,29,30,31);(H3,1,2,3,4). The Hall–Kier alpha value is -4.13. The number of carbonyl (C=O) groups is 1. The molecule has 0 spiro atoms. The summed E-state index contributed by atoms with van der Waals surface area (Å²) in [6.07, 6.45) is 7.04. The number of carbonyl (C=O) groups excluding carboxylic acids is 1. The number of H-pyrrole nitrogens is 1. The van der Waals surface area contributed by atoms with Crippen LogP contribution in [0.5, 0.6) is 0 Å². The van der Waals surface area contributed by atoms with Gasteiger partial charge in [0.25, 0.3) is 5.91 Å². The lowest BCUT2D eigenvalue weighted by Crippen LogP contribution is -2.50. The molecule has 1 aliphatic heterocycles. The minimum atomic E-state index is -4.64. The van der Waals surface area contributed by atoms with Crippen molar-refractivity contribution in [3.8, 4) is 17.3 Å². The normalized spacial score (nSPS) is 14.8. The average molecular weight is 592 g/mol. The number of halogens is 3. The summed E-state index contributed by atoms with van der Waals surface area (Å²) in [6.45, 7) is 2.03. The number of hydrogen-bond acceptors (Lipinski definition) is 7. The van der Waals surface area contributed by atoms with Crippen molar-refractivity contribution in [1.29, 1.82) is 5.26 Å². The van der Waals surface area contributed by atoms with Crippen molar-refractivity contribution in [1.82, 2.24) is 34.5 Å². The molecular weight excluding hydrogens is 568 g/mol. The molecule has 0 radical (unpaired) electrons. The van der Waals surface area contributed by atoms with E-state index in [0.29, 0.717) is 19.6 Å². The number of nitrogens with one attached hydrogen (secondary N) is 1. The summed E-state index contributed by atoms with van der Waals surface area (Å²) in [5.74, 6) is -5.16. The van der Waals surface area contributed by atoms with Crippen LogP contribution in [0.15, 0.2) is 43.1 Å². The fourth-order valence-corrected chi connectivity index (χ4v) is 4.40. The van der Waals surface area contributed by atoms with Crippen LogP contribution in [0, 0.1) is 28.8 Å². The SMILES string of the molecule is N#CCC(CN1CCN(C(=O)c2ccc(F)c(F)c2F)CC1)n1cc(-c2ncnc3[nH]ccc23)cn1.O=P(O)(O)O. The van der Waals surface area contributed by atoms with Crippen molar-refractivity contribution in [2.24, 2.45) is 0 Å². The molecule has 4 aromatic rings. The summed E-state index contributed by atoms with van der Waals surface area (Å²) in [5, 5.41) is 14.7. The van der Waals surface area contributed by atoms with E-state index in [1.807, 2.05) is 12.3 Å². The van der Waals surface area contributed by atoms with E-state index in [9.17, 15) is 23.2 Å². The number of hydrogen-bond donors (Lipinski definition) is 4. The Labute approximate surface area is 230 Å². The maximum Gasteiger partial charge on any atom is 0.466 e. The minimum Gasteiger partial charge on any atom is -0.346 e.